The van der Waals surface area contributed by atoms with Gasteiger partial charge in [0.2, 0.25) is 5.91 Å². The summed E-state index contributed by atoms with van der Waals surface area (Å²) in [5.41, 5.74) is 2.64. The largest absolute Gasteiger partial charge is 0.352 e. The summed E-state index contributed by atoms with van der Waals surface area (Å²) in [6.45, 7) is 4.82. The quantitative estimate of drug-likeness (QED) is 0.737. The second kappa shape index (κ2) is 9.32. The van der Waals surface area contributed by atoms with Crippen LogP contribution in [0.2, 0.25) is 0 Å². The molecule has 5 unspecified atom stereocenters. The van der Waals surface area contributed by atoms with E-state index in [-0.39, 0.29) is 29.3 Å². The Labute approximate surface area is 190 Å². The third-order valence-corrected chi connectivity index (χ3v) is 7.86. The highest BCUT2D eigenvalue weighted by Crippen LogP contribution is 2.44. The molecule has 0 aromatic heterocycles. The molecule has 3 fully saturated rings. The molecule has 2 saturated heterocycles. The van der Waals surface area contributed by atoms with Crippen molar-refractivity contribution in [3.8, 4) is 0 Å². The highest BCUT2D eigenvalue weighted by molar-refractivity contribution is 6.20. The summed E-state index contributed by atoms with van der Waals surface area (Å²) in [5.74, 6) is 0.825. The highest BCUT2D eigenvalue weighted by Gasteiger charge is 2.49. The Hall–Kier alpha value is -1.88. The molecule has 5 heteroatoms. The van der Waals surface area contributed by atoms with Crippen LogP contribution in [-0.4, -0.2) is 59.3 Å². The van der Waals surface area contributed by atoms with E-state index in [0.29, 0.717) is 5.92 Å². The first-order valence-corrected chi connectivity index (χ1v) is 12.1. The van der Waals surface area contributed by atoms with Gasteiger partial charge in [-0.2, -0.15) is 0 Å². The number of nitrogens with one attached hydrogen (secondary N) is 1. The zero-order valence-corrected chi connectivity index (χ0v) is 18.8. The molecular formula is C26H32ClN3O. The number of halogens is 1. The van der Waals surface area contributed by atoms with Crippen LogP contribution in [0.4, 0.5) is 0 Å². The van der Waals surface area contributed by atoms with Gasteiger partial charge >= 0.3 is 0 Å². The first-order chi connectivity index (χ1) is 15.2. The van der Waals surface area contributed by atoms with E-state index >= 15 is 0 Å². The molecule has 2 aromatic rings. The minimum Gasteiger partial charge on any atom is -0.352 e. The summed E-state index contributed by atoms with van der Waals surface area (Å²) in [6.07, 6.45) is 2.97. The predicted molar refractivity (Wildman–Crippen MR) is 125 cm³/mol. The summed E-state index contributed by atoms with van der Waals surface area (Å²) >= 11 is 6.62. The van der Waals surface area contributed by atoms with Crippen LogP contribution in [-0.2, 0) is 11.3 Å². The highest BCUT2D eigenvalue weighted by atomic mass is 35.5. The zero-order valence-electron chi connectivity index (χ0n) is 18.0. The molecule has 0 bridgehead atoms. The average Bonchev–Trinajstić information content (AvgIpc) is 2.80. The van der Waals surface area contributed by atoms with Gasteiger partial charge in [0.25, 0.3) is 0 Å². The van der Waals surface area contributed by atoms with E-state index in [2.05, 4.69) is 75.8 Å². The fourth-order valence-electron chi connectivity index (χ4n) is 5.93. The number of carbonyl (C=O) groups excluding carboxylic acids is 1. The molecule has 5 rings (SSSR count). The number of rotatable bonds is 4. The molecule has 31 heavy (non-hydrogen) atoms. The monoisotopic (exact) mass is 437 g/mol. The van der Waals surface area contributed by atoms with Crippen molar-refractivity contribution in [2.45, 2.75) is 49.2 Å². The molecule has 1 N–H and O–H groups in total. The molecule has 2 aromatic carbocycles. The molecular weight excluding hydrogens is 406 g/mol. The van der Waals surface area contributed by atoms with E-state index in [1.807, 2.05) is 0 Å². The number of hydrogen-bond donors (Lipinski definition) is 1. The SMILES string of the molecule is O=C1NC2CCC(Cl)CC2C(c2ccccc2)C1N1CCN(Cc2ccccc2)CC1. The van der Waals surface area contributed by atoms with E-state index in [1.54, 1.807) is 0 Å². The number of carbonyl (C=O) groups is 1. The van der Waals surface area contributed by atoms with Gasteiger partial charge in [-0.15, -0.1) is 11.6 Å². The van der Waals surface area contributed by atoms with Crippen molar-refractivity contribution in [2.75, 3.05) is 26.2 Å². The number of nitrogens with zero attached hydrogens (tertiary/aromatic N) is 2. The molecule has 1 aliphatic carbocycles. The third-order valence-electron chi connectivity index (χ3n) is 7.47. The van der Waals surface area contributed by atoms with Gasteiger partial charge in [-0.1, -0.05) is 60.7 Å². The van der Waals surface area contributed by atoms with E-state index in [1.165, 1.54) is 11.1 Å². The van der Waals surface area contributed by atoms with E-state index < -0.39 is 0 Å². The number of piperazine rings is 1. The Morgan fingerprint density at radius 2 is 1.58 bits per heavy atom. The Balaban J connectivity index is 1.35. The first-order valence-electron chi connectivity index (χ1n) is 11.7. The standard InChI is InChI=1S/C26H32ClN3O/c27-21-11-12-23-22(17-21)24(20-9-5-2-6-10-20)25(26(31)28-23)30-15-13-29(14-16-30)18-19-7-3-1-4-8-19/h1-10,21-25H,11-18H2,(H,28,31). The van der Waals surface area contributed by atoms with E-state index in [4.69, 9.17) is 11.6 Å². The Bertz CT molecular complexity index is 869. The molecule has 1 saturated carbocycles. The maximum absolute atomic E-state index is 13.4. The molecule has 2 heterocycles. The molecule has 0 spiro atoms. The predicted octanol–water partition coefficient (Wildman–Crippen LogP) is 3.86. The normalized spacial score (nSPS) is 32.3. The van der Waals surface area contributed by atoms with Crippen LogP contribution < -0.4 is 5.32 Å². The van der Waals surface area contributed by atoms with Gasteiger partial charge in [-0.25, -0.2) is 0 Å². The van der Waals surface area contributed by atoms with Crippen LogP contribution in [0, 0.1) is 5.92 Å². The van der Waals surface area contributed by atoms with Crippen molar-refractivity contribution >= 4 is 17.5 Å². The lowest BCUT2D eigenvalue weighted by atomic mass is 9.67. The third kappa shape index (κ3) is 4.52. The molecule has 3 aliphatic rings. The molecule has 164 valence electrons. The zero-order chi connectivity index (χ0) is 21.2. The number of hydrogen-bond acceptors (Lipinski definition) is 3. The molecule has 5 atom stereocenters. The number of piperidine rings is 1. The minimum atomic E-state index is -0.107. The molecule has 0 radical (unpaired) electrons. The smallest absolute Gasteiger partial charge is 0.238 e. The van der Waals surface area contributed by atoms with E-state index in [9.17, 15) is 4.79 Å². The second-order valence-electron chi connectivity index (χ2n) is 9.37. The van der Waals surface area contributed by atoms with Crippen LogP contribution in [0.1, 0.15) is 36.3 Å². The van der Waals surface area contributed by atoms with Gasteiger partial charge in [0, 0.05) is 50.1 Å². The molecule has 1 amide bonds. The van der Waals surface area contributed by atoms with Crippen molar-refractivity contribution in [1.29, 1.82) is 0 Å². The number of alkyl halides is 1. The van der Waals surface area contributed by atoms with Crippen molar-refractivity contribution in [1.82, 2.24) is 15.1 Å². The lowest BCUT2D eigenvalue weighted by Gasteiger charge is -2.51. The summed E-state index contributed by atoms with van der Waals surface area (Å²) in [4.78, 5) is 18.3. The summed E-state index contributed by atoms with van der Waals surface area (Å²) in [6, 6.07) is 21.5. The van der Waals surface area contributed by atoms with Gasteiger partial charge in [-0.3, -0.25) is 14.6 Å². The summed E-state index contributed by atoms with van der Waals surface area (Å²) in [7, 11) is 0. The van der Waals surface area contributed by atoms with Gasteiger partial charge in [0.1, 0.15) is 0 Å². The fourth-order valence-corrected chi connectivity index (χ4v) is 6.26. The molecule has 2 aliphatic heterocycles. The van der Waals surface area contributed by atoms with Crippen molar-refractivity contribution in [3.63, 3.8) is 0 Å². The minimum absolute atomic E-state index is 0.107. The lowest BCUT2D eigenvalue weighted by Crippen LogP contribution is -2.65. The number of amides is 1. The van der Waals surface area contributed by atoms with Crippen molar-refractivity contribution in [3.05, 3.63) is 71.8 Å². The summed E-state index contributed by atoms with van der Waals surface area (Å²) in [5, 5.41) is 3.60. The fraction of sp³-hybridized carbons (Fsp3) is 0.500. The lowest BCUT2D eigenvalue weighted by molar-refractivity contribution is -0.134. The molecule has 4 nitrogen and oxygen atoms in total. The van der Waals surface area contributed by atoms with Crippen LogP contribution in [0.5, 0.6) is 0 Å². The summed E-state index contributed by atoms with van der Waals surface area (Å²) < 4.78 is 0. The van der Waals surface area contributed by atoms with Crippen molar-refractivity contribution < 1.29 is 4.79 Å². The Morgan fingerprint density at radius 3 is 2.29 bits per heavy atom. The van der Waals surface area contributed by atoms with Crippen LogP contribution >= 0.6 is 11.6 Å². The topological polar surface area (TPSA) is 35.6 Å². The van der Waals surface area contributed by atoms with E-state index in [0.717, 1.165) is 52.0 Å². The van der Waals surface area contributed by atoms with Gasteiger partial charge in [0.15, 0.2) is 0 Å². The van der Waals surface area contributed by atoms with Gasteiger partial charge in [0.05, 0.1) is 6.04 Å². The van der Waals surface area contributed by atoms with Crippen molar-refractivity contribution in [2.24, 2.45) is 5.92 Å². The van der Waals surface area contributed by atoms with Crippen LogP contribution in [0.25, 0.3) is 0 Å². The van der Waals surface area contributed by atoms with Gasteiger partial charge in [-0.05, 0) is 36.3 Å². The maximum Gasteiger partial charge on any atom is 0.238 e. The van der Waals surface area contributed by atoms with Crippen LogP contribution in [0.15, 0.2) is 60.7 Å². The Kier molecular flexibility index (Phi) is 6.31. The van der Waals surface area contributed by atoms with Crippen LogP contribution in [0.3, 0.4) is 0 Å². The second-order valence-corrected chi connectivity index (χ2v) is 9.99. The first kappa shape index (κ1) is 21.0. The van der Waals surface area contributed by atoms with Gasteiger partial charge < -0.3 is 5.32 Å². The average molecular weight is 438 g/mol. The number of benzene rings is 2. The number of fused-ring (bicyclic) bond motifs is 1. The Morgan fingerprint density at radius 1 is 0.903 bits per heavy atom. The maximum atomic E-state index is 13.4.